The Balaban J connectivity index is 1.91. The topological polar surface area (TPSA) is 74.2 Å². The molecular weight excluding hydrogens is 290 g/mol. The molecule has 0 radical (unpaired) electrons. The van der Waals surface area contributed by atoms with Crippen LogP contribution in [0.1, 0.15) is 31.0 Å². The molecular formula is C18H19N3O2. The first-order valence-electron chi connectivity index (χ1n) is 7.43. The van der Waals surface area contributed by atoms with Gasteiger partial charge in [0.25, 0.3) is 0 Å². The molecule has 2 amide bonds. The third kappa shape index (κ3) is 4.75. The van der Waals surface area contributed by atoms with Gasteiger partial charge >= 0.3 is 6.03 Å². The molecule has 2 N–H and O–H groups in total. The van der Waals surface area contributed by atoms with Gasteiger partial charge in [0.2, 0.25) is 0 Å². The normalized spacial score (nSPS) is 11.2. The van der Waals surface area contributed by atoms with Crippen molar-refractivity contribution in [3.8, 4) is 11.8 Å². The van der Waals surface area contributed by atoms with E-state index in [1.807, 2.05) is 38.1 Å². The maximum absolute atomic E-state index is 12.0. The Morgan fingerprint density at radius 1 is 1.17 bits per heavy atom. The van der Waals surface area contributed by atoms with Gasteiger partial charge in [-0.05, 0) is 55.8 Å². The first kappa shape index (κ1) is 16.4. The Morgan fingerprint density at radius 3 is 2.39 bits per heavy atom. The van der Waals surface area contributed by atoms with Gasteiger partial charge in [0.1, 0.15) is 5.75 Å². The minimum atomic E-state index is -0.286. The number of nitriles is 1. The number of amides is 2. The highest BCUT2D eigenvalue weighted by Gasteiger charge is 2.09. The summed E-state index contributed by atoms with van der Waals surface area (Å²) in [6, 6.07) is 16.0. The number of ether oxygens (including phenoxy) is 1. The van der Waals surface area contributed by atoms with Crippen LogP contribution < -0.4 is 15.4 Å². The minimum Gasteiger partial charge on any atom is -0.494 e. The van der Waals surface area contributed by atoms with Gasteiger partial charge in [-0.25, -0.2) is 4.79 Å². The van der Waals surface area contributed by atoms with Crippen molar-refractivity contribution >= 4 is 11.7 Å². The fraction of sp³-hybridized carbons (Fsp3) is 0.222. The summed E-state index contributed by atoms with van der Waals surface area (Å²) < 4.78 is 5.36. The zero-order valence-electron chi connectivity index (χ0n) is 13.2. The number of hydrogen-bond acceptors (Lipinski definition) is 3. The molecule has 0 fully saturated rings. The number of carbonyl (C=O) groups is 1. The van der Waals surface area contributed by atoms with Crippen molar-refractivity contribution in [1.29, 1.82) is 5.26 Å². The molecule has 0 spiro atoms. The van der Waals surface area contributed by atoms with Crippen LogP contribution in [0.25, 0.3) is 0 Å². The molecule has 1 atom stereocenters. The van der Waals surface area contributed by atoms with Crippen LogP contribution in [-0.2, 0) is 0 Å². The standard InChI is InChI=1S/C18H19N3O2/c1-3-23-17-10-8-16(9-11-17)21-18(22)20-13(2)15-6-4-14(12-19)5-7-15/h4-11,13H,3H2,1-2H3,(H2,20,21,22). The van der Waals surface area contributed by atoms with Gasteiger partial charge in [0.05, 0.1) is 24.3 Å². The van der Waals surface area contributed by atoms with Crippen molar-refractivity contribution in [3.63, 3.8) is 0 Å². The molecule has 2 rings (SSSR count). The van der Waals surface area contributed by atoms with Crippen molar-refractivity contribution in [3.05, 3.63) is 59.7 Å². The molecule has 2 aromatic carbocycles. The van der Waals surface area contributed by atoms with Crippen molar-refractivity contribution in [2.45, 2.75) is 19.9 Å². The van der Waals surface area contributed by atoms with Gasteiger partial charge in [0, 0.05) is 5.69 Å². The third-order valence-electron chi connectivity index (χ3n) is 3.31. The smallest absolute Gasteiger partial charge is 0.319 e. The second kappa shape index (κ2) is 7.85. The molecule has 0 bridgehead atoms. The SMILES string of the molecule is CCOc1ccc(NC(=O)NC(C)c2ccc(C#N)cc2)cc1. The number of nitrogens with zero attached hydrogens (tertiary/aromatic N) is 1. The van der Waals surface area contributed by atoms with Crippen LogP contribution in [0.4, 0.5) is 10.5 Å². The summed E-state index contributed by atoms with van der Waals surface area (Å²) in [5.74, 6) is 0.768. The average Bonchev–Trinajstić information content (AvgIpc) is 2.57. The Hall–Kier alpha value is -3.00. The van der Waals surface area contributed by atoms with Gasteiger partial charge in [-0.3, -0.25) is 0 Å². The molecule has 0 aliphatic carbocycles. The van der Waals surface area contributed by atoms with E-state index >= 15 is 0 Å². The van der Waals surface area contributed by atoms with Gasteiger partial charge in [0.15, 0.2) is 0 Å². The second-order valence-electron chi connectivity index (χ2n) is 5.01. The molecule has 0 aliphatic heterocycles. The number of benzene rings is 2. The van der Waals surface area contributed by atoms with E-state index in [9.17, 15) is 4.79 Å². The molecule has 2 aromatic rings. The van der Waals surface area contributed by atoms with Crippen molar-refractivity contribution in [1.82, 2.24) is 5.32 Å². The molecule has 0 saturated heterocycles. The Morgan fingerprint density at radius 2 is 1.83 bits per heavy atom. The fourth-order valence-corrected chi connectivity index (χ4v) is 2.09. The summed E-state index contributed by atoms with van der Waals surface area (Å²) >= 11 is 0. The van der Waals surface area contributed by atoms with Crippen molar-refractivity contribution < 1.29 is 9.53 Å². The summed E-state index contributed by atoms with van der Waals surface area (Å²) in [5.41, 5.74) is 2.23. The number of hydrogen-bond donors (Lipinski definition) is 2. The van der Waals surface area contributed by atoms with Gasteiger partial charge in [-0.15, -0.1) is 0 Å². The number of anilines is 1. The molecule has 118 valence electrons. The highest BCUT2D eigenvalue weighted by Crippen LogP contribution is 2.16. The minimum absolute atomic E-state index is 0.162. The fourth-order valence-electron chi connectivity index (χ4n) is 2.09. The molecule has 0 heterocycles. The lowest BCUT2D eigenvalue weighted by Gasteiger charge is -2.15. The predicted octanol–water partition coefficient (Wildman–Crippen LogP) is 3.84. The first-order valence-corrected chi connectivity index (χ1v) is 7.43. The number of carbonyl (C=O) groups excluding carboxylic acids is 1. The van der Waals surface area contributed by atoms with E-state index in [-0.39, 0.29) is 12.1 Å². The third-order valence-corrected chi connectivity index (χ3v) is 3.31. The Labute approximate surface area is 135 Å². The van der Waals surface area contributed by atoms with E-state index in [0.717, 1.165) is 11.3 Å². The second-order valence-corrected chi connectivity index (χ2v) is 5.01. The quantitative estimate of drug-likeness (QED) is 0.881. The van der Waals surface area contributed by atoms with Crippen LogP contribution >= 0.6 is 0 Å². The van der Waals surface area contributed by atoms with Gasteiger partial charge in [-0.1, -0.05) is 12.1 Å². The molecule has 5 nitrogen and oxygen atoms in total. The molecule has 0 saturated carbocycles. The van der Waals surface area contributed by atoms with Crippen LogP contribution in [0, 0.1) is 11.3 Å². The average molecular weight is 309 g/mol. The number of nitrogens with one attached hydrogen (secondary N) is 2. The lowest BCUT2D eigenvalue weighted by atomic mass is 10.1. The maximum Gasteiger partial charge on any atom is 0.319 e. The van der Waals surface area contributed by atoms with E-state index in [2.05, 4.69) is 16.7 Å². The van der Waals surface area contributed by atoms with E-state index in [0.29, 0.717) is 17.9 Å². The predicted molar refractivity (Wildman–Crippen MR) is 89.3 cm³/mol. The highest BCUT2D eigenvalue weighted by atomic mass is 16.5. The molecule has 23 heavy (non-hydrogen) atoms. The molecule has 0 aromatic heterocycles. The Kier molecular flexibility index (Phi) is 5.59. The maximum atomic E-state index is 12.0. The molecule has 5 heteroatoms. The van der Waals surface area contributed by atoms with Crippen LogP contribution in [0.5, 0.6) is 5.75 Å². The highest BCUT2D eigenvalue weighted by molar-refractivity contribution is 5.89. The monoisotopic (exact) mass is 309 g/mol. The summed E-state index contributed by atoms with van der Waals surface area (Å²) in [4.78, 5) is 12.0. The van der Waals surface area contributed by atoms with E-state index in [1.54, 1.807) is 24.3 Å². The number of urea groups is 1. The summed E-state index contributed by atoms with van der Waals surface area (Å²) in [6.45, 7) is 4.42. The van der Waals surface area contributed by atoms with E-state index < -0.39 is 0 Å². The lowest BCUT2D eigenvalue weighted by Crippen LogP contribution is -2.31. The zero-order chi connectivity index (χ0) is 16.7. The largest absolute Gasteiger partial charge is 0.494 e. The Bertz CT molecular complexity index is 688. The van der Waals surface area contributed by atoms with Gasteiger partial charge < -0.3 is 15.4 Å². The summed E-state index contributed by atoms with van der Waals surface area (Å²) in [7, 11) is 0. The van der Waals surface area contributed by atoms with Crippen LogP contribution in [-0.4, -0.2) is 12.6 Å². The van der Waals surface area contributed by atoms with E-state index in [4.69, 9.17) is 10.00 Å². The molecule has 0 aliphatic rings. The van der Waals surface area contributed by atoms with Crippen LogP contribution in [0.3, 0.4) is 0 Å². The molecule has 1 unspecified atom stereocenters. The van der Waals surface area contributed by atoms with Gasteiger partial charge in [-0.2, -0.15) is 5.26 Å². The summed E-state index contributed by atoms with van der Waals surface area (Å²) in [5, 5.41) is 14.4. The zero-order valence-corrected chi connectivity index (χ0v) is 13.2. The number of rotatable bonds is 5. The summed E-state index contributed by atoms with van der Waals surface area (Å²) in [6.07, 6.45) is 0. The van der Waals surface area contributed by atoms with Crippen molar-refractivity contribution in [2.75, 3.05) is 11.9 Å². The lowest BCUT2D eigenvalue weighted by molar-refractivity contribution is 0.249. The first-order chi connectivity index (χ1) is 11.1. The van der Waals surface area contributed by atoms with Crippen LogP contribution in [0.15, 0.2) is 48.5 Å². The van der Waals surface area contributed by atoms with Crippen LogP contribution in [0.2, 0.25) is 0 Å². The van der Waals surface area contributed by atoms with Crippen molar-refractivity contribution in [2.24, 2.45) is 0 Å². The van der Waals surface area contributed by atoms with E-state index in [1.165, 1.54) is 0 Å².